The summed E-state index contributed by atoms with van der Waals surface area (Å²) >= 11 is 0. The molecule has 0 saturated carbocycles. The number of ether oxygens (including phenoxy) is 1. The molecule has 2 rings (SSSR count). The molecule has 1 amide bonds. The van der Waals surface area contributed by atoms with Gasteiger partial charge in [0.15, 0.2) is 6.10 Å². The molecule has 0 saturated heterocycles. The average molecular weight is 393 g/mol. The van der Waals surface area contributed by atoms with Crippen molar-refractivity contribution in [2.75, 3.05) is 30.7 Å². The maximum atomic E-state index is 12.4. The third-order valence-corrected chi connectivity index (χ3v) is 5.54. The first-order valence-corrected chi connectivity index (χ1v) is 10.4. The Labute approximate surface area is 159 Å². The number of amides is 1. The Kier molecular flexibility index (Phi) is 6.44. The molecule has 0 fully saturated rings. The lowest BCUT2D eigenvalue weighted by Gasteiger charge is -2.29. The van der Waals surface area contributed by atoms with Gasteiger partial charge in [-0.3, -0.25) is 9.10 Å². The lowest BCUT2D eigenvalue weighted by Crippen LogP contribution is -2.38. The van der Waals surface area contributed by atoms with Crippen molar-refractivity contribution in [3.05, 3.63) is 29.3 Å². The van der Waals surface area contributed by atoms with Gasteiger partial charge in [0.05, 0.1) is 30.0 Å². The lowest BCUT2D eigenvalue weighted by molar-refractivity contribution is -0.138. The first-order chi connectivity index (χ1) is 12.6. The number of hydrogen-bond acceptors (Lipinski definition) is 6. The van der Waals surface area contributed by atoms with Gasteiger partial charge in [-0.05, 0) is 43.5 Å². The van der Waals surface area contributed by atoms with Gasteiger partial charge in [0, 0.05) is 20.1 Å². The number of carbonyl (C=O) groups is 2. The van der Waals surface area contributed by atoms with Crippen molar-refractivity contribution in [2.24, 2.45) is 0 Å². The second-order valence-electron chi connectivity index (χ2n) is 6.50. The van der Waals surface area contributed by atoms with Crippen LogP contribution < -0.4 is 4.31 Å². The highest BCUT2D eigenvalue weighted by atomic mass is 32.2. The number of nitrogens with zero attached hydrogens (tertiary/aromatic N) is 3. The molecule has 0 unspecified atom stereocenters. The monoisotopic (exact) mass is 393 g/mol. The number of esters is 1. The quantitative estimate of drug-likeness (QED) is 0.675. The highest BCUT2D eigenvalue weighted by Crippen LogP contribution is 2.30. The fraction of sp³-hybridized carbons (Fsp3) is 0.500. The Morgan fingerprint density at radius 3 is 2.74 bits per heavy atom. The van der Waals surface area contributed by atoms with Crippen molar-refractivity contribution in [1.82, 2.24) is 4.90 Å². The van der Waals surface area contributed by atoms with E-state index in [-0.39, 0.29) is 24.4 Å². The summed E-state index contributed by atoms with van der Waals surface area (Å²) in [7, 11) is -1.83. The number of nitriles is 1. The van der Waals surface area contributed by atoms with E-state index in [1.165, 1.54) is 22.2 Å². The van der Waals surface area contributed by atoms with Crippen LogP contribution >= 0.6 is 0 Å². The Bertz CT molecular complexity index is 875. The Hall–Kier alpha value is -2.60. The highest BCUT2D eigenvalue weighted by Gasteiger charge is 2.26. The predicted molar refractivity (Wildman–Crippen MR) is 99.7 cm³/mol. The largest absolute Gasteiger partial charge is 0.449 e. The smallest absolute Gasteiger partial charge is 0.338 e. The van der Waals surface area contributed by atoms with Crippen LogP contribution in [0.5, 0.6) is 0 Å². The van der Waals surface area contributed by atoms with Gasteiger partial charge in [0.25, 0.3) is 5.91 Å². The number of likely N-dealkylation sites (N-methyl/N-ethyl adjacent to an activating group) is 1. The molecule has 1 aromatic rings. The third-order valence-electron chi connectivity index (χ3n) is 4.36. The number of hydrogen-bond donors (Lipinski definition) is 0. The SMILES string of the molecule is C[C@H](OC(=O)c1ccc2c(c1)CCCN2S(C)(=O)=O)C(=O)N(C)CCC#N. The van der Waals surface area contributed by atoms with E-state index in [9.17, 15) is 18.0 Å². The molecule has 27 heavy (non-hydrogen) atoms. The highest BCUT2D eigenvalue weighted by molar-refractivity contribution is 7.92. The first kappa shape index (κ1) is 20.7. The second kappa shape index (κ2) is 8.39. The molecule has 0 aromatic heterocycles. The zero-order valence-corrected chi connectivity index (χ0v) is 16.5. The van der Waals surface area contributed by atoms with E-state index in [1.54, 1.807) is 19.2 Å². The van der Waals surface area contributed by atoms with Gasteiger partial charge in [-0.15, -0.1) is 0 Å². The maximum Gasteiger partial charge on any atom is 0.338 e. The van der Waals surface area contributed by atoms with Gasteiger partial charge in [-0.25, -0.2) is 13.2 Å². The van der Waals surface area contributed by atoms with Crippen molar-refractivity contribution in [3.63, 3.8) is 0 Å². The van der Waals surface area contributed by atoms with Crippen molar-refractivity contribution in [2.45, 2.75) is 32.3 Å². The normalized spacial score (nSPS) is 14.7. The summed E-state index contributed by atoms with van der Waals surface area (Å²) in [5, 5.41) is 8.58. The second-order valence-corrected chi connectivity index (χ2v) is 8.40. The summed E-state index contributed by atoms with van der Waals surface area (Å²) in [6, 6.07) is 6.67. The molecule has 1 aromatic carbocycles. The van der Waals surface area contributed by atoms with Crippen LogP contribution in [-0.2, 0) is 26.0 Å². The Morgan fingerprint density at radius 2 is 2.11 bits per heavy atom. The van der Waals surface area contributed by atoms with Crippen molar-refractivity contribution >= 4 is 27.6 Å². The van der Waals surface area contributed by atoms with E-state index in [1.807, 2.05) is 6.07 Å². The molecule has 0 radical (unpaired) electrons. The molecular weight excluding hydrogens is 370 g/mol. The number of anilines is 1. The fourth-order valence-electron chi connectivity index (χ4n) is 2.95. The van der Waals surface area contributed by atoms with E-state index in [0.29, 0.717) is 25.1 Å². The number of carbonyl (C=O) groups excluding carboxylic acids is 2. The molecule has 8 nitrogen and oxygen atoms in total. The van der Waals surface area contributed by atoms with Crippen LogP contribution in [0.3, 0.4) is 0 Å². The minimum atomic E-state index is -3.38. The van der Waals surface area contributed by atoms with Gasteiger partial charge in [-0.2, -0.15) is 5.26 Å². The van der Waals surface area contributed by atoms with Crippen LogP contribution in [-0.4, -0.2) is 57.7 Å². The van der Waals surface area contributed by atoms with Gasteiger partial charge in [0.1, 0.15) is 0 Å². The summed E-state index contributed by atoms with van der Waals surface area (Å²) in [6.45, 7) is 2.15. The van der Waals surface area contributed by atoms with Gasteiger partial charge < -0.3 is 9.64 Å². The van der Waals surface area contributed by atoms with Gasteiger partial charge in [0.2, 0.25) is 10.0 Å². The van der Waals surface area contributed by atoms with Crippen LogP contribution in [0, 0.1) is 11.3 Å². The topological polar surface area (TPSA) is 108 Å². The van der Waals surface area contributed by atoms with E-state index in [4.69, 9.17) is 10.00 Å². The van der Waals surface area contributed by atoms with Crippen molar-refractivity contribution in [3.8, 4) is 6.07 Å². The minimum Gasteiger partial charge on any atom is -0.449 e. The molecule has 0 spiro atoms. The van der Waals surface area contributed by atoms with Crippen LogP contribution in [0.4, 0.5) is 5.69 Å². The van der Waals surface area contributed by atoms with Crippen LogP contribution in [0.25, 0.3) is 0 Å². The van der Waals surface area contributed by atoms with Gasteiger partial charge >= 0.3 is 5.97 Å². The molecule has 1 aliphatic heterocycles. The van der Waals surface area contributed by atoms with E-state index >= 15 is 0 Å². The number of sulfonamides is 1. The van der Waals surface area contributed by atoms with Crippen LogP contribution in [0.15, 0.2) is 18.2 Å². The number of benzene rings is 1. The van der Waals surface area contributed by atoms with E-state index in [0.717, 1.165) is 11.8 Å². The lowest BCUT2D eigenvalue weighted by atomic mass is 10.0. The summed E-state index contributed by atoms with van der Waals surface area (Å²) in [4.78, 5) is 25.9. The standard InChI is InChI=1S/C18H23N3O5S/c1-13(17(22)20(2)10-5-9-19)26-18(23)15-7-8-16-14(12-15)6-4-11-21(16)27(3,24)25/h7-8,12-13H,4-6,10-11H2,1-3H3/t13-/m0/s1. The molecule has 0 N–H and O–H groups in total. The number of fused-ring (bicyclic) bond motifs is 1. The molecule has 0 bridgehead atoms. The molecule has 1 atom stereocenters. The molecular formula is C18H23N3O5S. The average Bonchev–Trinajstić information content (AvgIpc) is 2.63. The molecule has 9 heteroatoms. The predicted octanol–water partition coefficient (Wildman–Crippen LogP) is 1.32. The summed E-state index contributed by atoms with van der Waals surface area (Å²) in [5.41, 5.74) is 1.59. The van der Waals surface area contributed by atoms with Crippen LogP contribution in [0.1, 0.15) is 35.7 Å². The van der Waals surface area contributed by atoms with Gasteiger partial charge in [-0.1, -0.05) is 0 Å². The summed E-state index contributed by atoms with van der Waals surface area (Å²) < 4.78 is 30.4. The van der Waals surface area contributed by atoms with Crippen molar-refractivity contribution in [1.29, 1.82) is 5.26 Å². The van der Waals surface area contributed by atoms with E-state index in [2.05, 4.69) is 0 Å². The molecule has 1 heterocycles. The first-order valence-electron chi connectivity index (χ1n) is 8.58. The maximum absolute atomic E-state index is 12.4. The summed E-state index contributed by atoms with van der Waals surface area (Å²) in [6.07, 6.45) is 1.69. The van der Waals surface area contributed by atoms with Crippen LogP contribution in [0.2, 0.25) is 0 Å². The van der Waals surface area contributed by atoms with Crippen molar-refractivity contribution < 1.29 is 22.7 Å². The number of rotatable bonds is 6. The zero-order valence-electron chi connectivity index (χ0n) is 15.6. The summed E-state index contributed by atoms with van der Waals surface area (Å²) in [5.74, 6) is -1.04. The minimum absolute atomic E-state index is 0.199. The number of aryl methyl sites for hydroxylation is 1. The zero-order chi connectivity index (χ0) is 20.2. The fourth-order valence-corrected chi connectivity index (χ4v) is 3.95. The Morgan fingerprint density at radius 1 is 1.41 bits per heavy atom. The van der Waals surface area contributed by atoms with E-state index < -0.39 is 22.1 Å². The molecule has 0 aliphatic carbocycles. The molecule has 1 aliphatic rings. The third kappa shape index (κ3) is 4.98. The molecule has 146 valence electrons. The Balaban J connectivity index is 2.12.